The molecule has 0 saturated carbocycles. The number of thiocarbonyl (C=S) groups is 1. The van der Waals surface area contributed by atoms with Crippen molar-refractivity contribution >= 4 is 32.9 Å². The first-order valence-corrected chi connectivity index (χ1v) is 11.2. The third-order valence-electron chi connectivity index (χ3n) is 4.95. The molecule has 138 valence electrons. The first kappa shape index (κ1) is 18.6. The lowest BCUT2D eigenvalue weighted by Crippen LogP contribution is -2.47. The molecule has 0 bridgehead atoms. The van der Waals surface area contributed by atoms with Gasteiger partial charge in [0.05, 0.1) is 17.6 Å². The standard InChI is InChI=1S/C18H26N2O3S2/c1-2-14-5-7-15(8-6-14)19-18(24)20(12-17-4-3-10-23-17)16-9-11-25(21,22)13-16/h5-8,16-17H,2-4,9-13H2,1H3,(H,19,24)/t16-,17-/m1/s1. The largest absolute Gasteiger partial charge is 0.376 e. The highest BCUT2D eigenvalue weighted by atomic mass is 32.2. The van der Waals surface area contributed by atoms with Crippen LogP contribution in [0.1, 0.15) is 31.7 Å². The molecule has 2 aliphatic rings. The Bertz CT molecular complexity index is 698. The van der Waals surface area contributed by atoms with Gasteiger partial charge in [-0.15, -0.1) is 0 Å². The second kappa shape index (κ2) is 8.01. The van der Waals surface area contributed by atoms with Crippen molar-refractivity contribution in [2.24, 2.45) is 0 Å². The van der Waals surface area contributed by atoms with E-state index in [0.29, 0.717) is 18.1 Å². The fourth-order valence-electron chi connectivity index (χ4n) is 3.45. The molecular formula is C18H26N2O3S2. The Morgan fingerprint density at radius 3 is 2.64 bits per heavy atom. The highest BCUT2D eigenvalue weighted by Crippen LogP contribution is 2.22. The van der Waals surface area contributed by atoms with Gasteiger partial charge in [-0.1, -0.05) is 19.1 Å². The van der Waals surface area contributed by atoms with Crippen LogP contribution in [0.2, 0.25) is 0 Å². The van der Waals surface area contributed by atoms with E-state index in [1.807, 2.05) is 17.0 Å². The van der Waals surface area contributed by atoms with Crippen molar-refractivity contribution in [3.8, 4) is 0 Å². The minimum atomic E-state index is -2.96. The number of aryl methyl sites for hydroxylation is 1. The number of anilines is 1. The molecule has 2 fully saturated rings. The van der Waals surface area contributed by atoms with Crippen LogP contribution in [0.5, 0.6) is 0 Å². The third-order valence-corrected chi connectivity index (χ3v) is 7.03. The lowest BCUT2D eigenvalue weighted by molar-refractivity contribution is 0.0851. The average molecular weight is 383 g/mol. The van der Waals surface area contributed by atoms with Crippen LogP contribution in [0.25, 0.3) is 0 Å². The molecule has 2 heterocycles. The van der Waals surface area contributed by atoms with E-state index in [4.69, 9.17) is 17.0 Å². The van der Waals surface area contributed by atoms with Crippen LogP contribution in [0.3, 0.4) is 0 Å². The summed E-state index contributed by atoms with van der Waals surface area (Å²) in [5.41, 5.74) is 2.20. The summed E-state index contributed by atoms with van der Waals surface area (Å²) in [6.45, 7) is 3.55. The molecule has 25 heavy (non-hydrogen) atoms. The number of hydrogen-bond donors (Lipinski definition) is 1. The van der Waals surface area contributed by atoms with Crippen LogP contribution in [-0.4, -0.2) is 55.2 Å². The van der Waals surface area contributed by atoms with Gasteiger partial charge in [-0.25, -0.2) is 8.42 Å². The summed E-state index contributed by atoms with van der Waals surface area (Å²) in [5, 5.41) is 3.86. The number of nitrogens with one attached hydrogen (secondary N) is 1. The zero-order valence-electron chi connectivity index (χ0n) is 14.6. The Labute approximate surface area is 155 Å². The zero-order valence-corrected chi connectivity index (χ0v) is 16.2. The van der Waals surface area contributed by atoms with Gasteiger partial charge in [-0.3, -0.25) is 0 Å². The van der Waals surface area contributed by atoms with Crippen molar-refractivity contribution in [1.82, 2.24) is 4.90 Å². The number of rotatable bonds is 5. The van der Waals surface area contributed by atoms with Gasteiger partial charge in [0.25, 0.3) is 0 Å². The van der Waals surface area contributed by atoms with Crippen LogP contribution in [0.4, 0.5) is 5.69 Å². The normalized spacial score (nSPS) is 25.0. The van der Waals surface area contributed by atoms with Gasteiger partial charge in [0, 0.05) is 24.9 Å². The SMILES string of the molecule is CCc1ccc(NC(=S)N(C[C@H]2CCCO2)[C@@H]2CCS(=O)(=O)C2)cc1. The molecule has 0 aromatic heterocycles. The molecule has 0 aliphatic carbocycles. The highest BCUT2D eigenvalue weighted by Gasteiger charge is 2.35. The molecule has 1 aromatic carbocycles. The van der Waals surface area contributed by atoms with E-state index in [9.17, 15) is 8.42 Å². The average Bonchev–Trinajstić information content (AvgIpc) is 3.22. The Morgan fingerprint density at radius 2 is 2.08 bits per heavy atom. The minimum Gasteiger partial charge on any atom is -0.376 e. The van der Waals surface area contributed by atoms with Crippen LogP contribution >= 0.6 is 12.2 Å². The lowest BCUT2D eigenvalue weighted by Gasteiger charge is -2.33. The Balaban J connectivity index is 1.71. The maximum atomic E-state index is 11.9. The summed E-state index contributed by atoms with van der Waals surface area (Å²) in [6, 6.07) is 8.12. The molecule has 1 aromatic rings. The molecule has 2 atom stereocenters. The van der Waals surface area contributed by atoms with Crippen molar-refractivity contribution in [1.29, 1.82) is 0 Å². The van der Waals surface area contributed by atoms with Crippen LogP contribution in [-0.2, 0) is 21.0 Å². The number of benzene rings is 1. The Morgan fingerprint density at radius 1 is 1.32 bits per heavy atom. The van der Waals surface area contributed by atoms with E-state index >= 15 is 0 Å². The van der Waals surface area contributed by atoms with Gasteiger partial charge >= 0.3 is 0 Å². The number of ether oxygens (including phenoxy) is 1. The lowest BCUT2D eigenvalue weighted by atomic mass is 10.1. The van der Waals surface area contributed by atoms with Crippen LogP contribution < -0.4 is 5.32 Å². The molecule has 3 rings (SSSR count). The van der Waals surface area contributed by atoms with E-state index in [-0.39, 0.29) is 23.7 Å². The molecule has 5 nitrogen and oxygen atoms in total. The van der Waals surface area contributed by atoms with Gasteiger partial charge in [0.2, 0.25) is 0 Å². The predicted octanol–water partition coefficient (Wildman–Crippen LogP) is 2.61. The van der Waals surface area contributed by atoms with Crippen molar-refractivity contribution in [3.63, 3.8) is 0 Å². The fourth-order valence-corrected chi connectivity index (χ4v) is 5.52. The monoisotopic (exact) mass is 382 g/mol. The summed E-state index contributed by atoms with van der Waals surface area (Å²) < 4.78 is 29.6. The van der Waals surface area contributed by atoms with Crippen molar-refractivity contribution in [3.05, 3.63) is 29.8 Å². The predicted molar refractivity (Wildman–Crippen MR) is 105 cm³/mol. The maximum absolute atomic E-state index is 11.9. The first-order chi connectivity index (χ1) is 12.0. The smallest absolute Gasteiger partial charge is 0.173 e. The van der Waals surface area contributed by atoms with Crippen LogP contribution in [0.15, 0.2) is 24.3 Å². The molecule has 0 unspecified atom stereocenters. The van der Waals surface area contributed by atoms with E-state index in [2.05, 4.69) is 24.4 Å². The molecule has 0 radical (unpaired) electrons. The maximum Gasteiger partial charge on any atom is 0.173 e. The Kier molecular flexibility index (Phi) is 5.96. The molecule has 1 N–H and O–H groups in total. The van der Waals surface area contributed by atoms with Gasteiger partial charge in [-0.05, 0) is 55.6 Å². The highest BCUT2D eigenvalue weighted by molar-refractivity contribution is 7.91. The topological polar surface area (TPSA) is 58.6 Å². The van der Waals surface area contributed by atoms with Gasteiger partial charge < -0.3 is 15.0 Å². The first-order valence-electron chi connectivity index (χ1n) is 8.95. The molecule has 2 aliphatic heterocycles. The fraction of sp³-hybridized carbons (Fsp3) is 0.611. The molecule has 7 heteroatoms. The van der Waals surface area contributed by atoms with Crippen LogP contribution in [0, 0.1) is 0 Å². The number of sulfone groups is 1. The van der Waals surface area contributed by atoms with Crippen molar-refractivity contribution in [2.75, 3.05) is 30.0 Å². The minimum absolute atomic E-state index is 0.0656. The number of hydrogen-bond acceptors (Lipinski definition) is 4. The molecule has 0 amide bonds. The van der Waals surface area contributed by atoms with E-state index in [1.54, 1.807) is 0 Å². The number of nitrogens with zero attached hydrogens (tertiary/aromatic N) is 1. The van der Waals surface area contributed by atoms with Crippen molar-refractivity contribution < 1.29 is 13.2 Å². The molecule has 0 spiro atoms. The molecular weight excluding hydrogens is 356 g/mol. The second-order valence-corrected chi connectivity index (χ2v) is 9.44. The quantitative estimate of drug-likeness (QED) is 0.790. The molecule has 2 saturated heterocycles. The van der Waals surface area contributed by atoms with Gasteiger partial charge in [0.15, 0.2) is 14.9 Å². The summed E-state index contributed by atoms with van der Waals surface area (Å²) in [4.78, 5) is 2.03. The third kappa shape index (κ3) is 4.92. The summed E-state index contributed by atoms with van der Waals surface area (Å²) in [6.07, 6.45) is 3.82. The van der Waals surface area contributed by atoms with E-state index in [1.165, 1.54) is 5.56 Å². The second-order valence-electron chi connectivity index (χ2n) is 6.82. The summed E-state index contributed by atoms with van der Waals surface area (Å²) in [7, 11) is -2.96. The van der Waals surface area contributed by atoms with Crippen molar-refractivity contribution in [2.45, 2.75) is 44.8 Å². The van der Waals surface area contributed by atoms with Gasteiger partial charge in [0.1, 0.15) is 0 Å². The zero-order chi connectivity index (χ0) is 17.9. The van der Waals surface area contributed by atoms with Gasteiger partial charge in [-0.2, -0.15) is 0 Å². The summed E-state index contributed by atoms with van der Waals surface area (Å²) >= 11 is 5.63. The summed E-state index contributed by atoms with van der Waals surface area (Å²) in [5.74, 6) is 0.420. The Hall–Kier alpha value is -1.18. The van der Waals surface area contributed by atoms with E-state index in [0.717, 1.165) is 31.6 Å². The van der Waals surface area contributed by atoms with E-state index < -0.39 is 9.84 Å².